The lowest BCUT2D eigenvalue weighted by molar-refractivity contribution is -0.132. The van der Waals surface area contributed by atoms with Crippen LogP contribution in [-0.4, -0.2) is 22.9 Å². The van der Waals surface area contributed by atoms with Crippen LogP contribution in [0.1, 0.15) is 6.92 Å². The highest BCUT2D eigenvalue weighted by atomic mass is 16.4. The highest BCUT2D eigenvalue weighted by molar-refractivity contribution is 6.08. The molecule has 5 heteroatoms. The topological polar surface area (TPSA) is 83.5 Å². The molecule has 0 aromatic rings. The van der Waals surface area contributed by atoms with Crippen LogP contribution in [0, 0.1) is 0 Å². The minimum atomic E-state index is -1.25. The molecule has 0 spiro atoms. The van der Waals surface area contributed by atoms with Crippen molar-refractivity contribution in [2.24, 2.45) is 0 Å². The van der Waals surface area contributed by atoms with Crippen LogP contribution in [0.5, 0.6) is 0 Å². The van der Waals surface area contributed by atoms with E-state index in [1.54, 1.807) is 0 Å². The molecule has 0 unspecified atom stereocenters. The van der Waals surface area contributed by atoms with E-state index in [2.05, 4.69) is 6.58 Å². The summed E-state index contributed by atoms with van der Waals surface area (Å²) in [4.78, 5) is 31.5. The number of carboxylic acids is 1. The van der Waals surface area contributed by atoms with Crippen molar-refractivity contribution in [3.8, 4) is 0 Å². The molecular formula is C8H9NO4. The van der Waals surface area contributed by atoms with Crippen LogP contribution in [0.4, 0.5) is 0 Å². The van der Waals surface area contributed by atoms with Gasteiger partial charge in [0.15, 0.2) is 0 Å². The van der Waals surface area contributed by atoms with Crippen molar-refractivity contribution in [3.63, 3.8) is 0 Å². The normalized spacial score (nSPS) is 9.62. The number of rotatable bonds is 3. The quantitative estimate of drug-likeness (QED) is 0.596. The first-order valence-corrected chi connectivity index (χ1v) is 3.35. The second kappa shape index (κ2) is 4.87. The molecule has 0 aromatic heterocycles. The maximum atomic E-state index is 10.8. The standard InChI is InChI=1S/C8H9NO4/c1-5(2)8(13)9-6(10)3-4-7(11)12/h3-4H,1H2,2H3,(H,11,12)(H,9,10,13). The van der Waals surface area contributed by atoms with Crippen molar-refractivity contribution < 1.29 is 19.5 Å². The minimum Gasteiger partial charge on any atom is -0.478 e. The molecule has 0 saturated heterocycles. The number of carbonyl (C=O) groups is 3. The van der Waals surface area contributed by atoms with Gasteiger partial charge in [0, 0.05) is 17.7 Å². The molecule has 0 bridgehead atoms. The van der Waals surface area contributed by atoms with Gasteiger partial charge >= 0.3 is 5.97 Å². The van der Waals surface area contributed by atoms with Gasteiger partial charge in [0.1, 0.15) is 0 Å². The average Bonchev–Trinajstić information content (AvgIpc) is 2.00. The van der Waals surface area contributed by atoms with E-state index in [0.717, 1.165) is 6.08 Å². The summed E-state index contributed by atoms with van der Waals surface area (Å²) in [5.74, 6) is -2.66. The smallest absolute Gasteiger partial charge is 0.328 e. The molecule has 2 amide bonds. The number of nitrogens with one attached hydrogen (secondary N) is 1. The zero-order chi connectivity index (χ0) is 10.4. The molecule has 0 fully saturated rings. The van der Waals surface area contributed by atoms with Gasteiger partial charge in [0.2, 0.25) is 0 Å². The largest absolute Gasteiger partial charge is 0.478 e. The third-order valence-electron chi connectivity index (χ3n) is 1.00. The summed E-state index contributed by atoms with van der Waals surface area (Å²) in [5.41, 5.74) is 0.178. The van der Waals surface area contributed by atoms with Gasteiger partial charge in [-0.3, -0.25) is 14.9 Å². The third-order valence-corrected chi connectivity index (χ3v) is 1.00. The van der Waals surface area contributed by atoms with Crippen LogP contribution < -0.4 is 5.32 Å². The van der Waals surface area contributed by atoms with Crippen molar-refractivity contribution in [2.45, 2.75) is 6.92 Å². The first-order valence-electron chi connectivity index (χ1n) is 3.35. The highest BCUT2D eigenvalue weighted by Gasteiger charge is 2.04. The first-order chi connectivity index (χ1) is 5.93. The minimum absolute atomic E-state index is 0.178. The molecule has 0 rings (SSSR count). The molecule has 0 aliphatic rings. The van der Waals surface area contributed by atoms with Crippen LogP contribution in [0.2, 0.25) is 0 Å². The van der Waals surface area contributed by atoms with Gasteiger partial charge in [-0.05, 0) is 6.92 Å². The van der Waals surface area contributed by atoms with E-state index in [0.29, 0.717) is 6.08 Å². The number of aliphatic carboxylic acids is 1. The van der Waals surface area contributed by atoms with Crippen molar-refractivity contribution in [3.05, 3.63) is 24.3 Å². The SMILES string of the molecule is C=C(C)C(=O)NC(=O)C=CC(=O)O. The fraction of sp³-hybridized carbons (Fsp3) is 0.125. The van der Waals surface area contributed by atoms with Gasteiger partial charge in [-0.1, -0.05) is 6.58 Å². The average molecular weight is 183 g/mol. The van der Waals surface area contributed by atoms with E-state index in [9.17, 15) is 14.4 Å². The van der Waals surface area contributed by atoms with Crippen LogP contribution >= 0.6 is 0 Å². The number of carboxylic acid groups (broad SMARTS) is 1. The zero-order valence-corrected chi connectivity index (χ0v) is 7.03. The summed E-state index contributed by atoms with van der Waals surface area (Å²) in [6, 6.07) is 0. The van der Waals surface area contributed by atoms with E-state index < -0.39 is 17.8 Å². The van der Waals surface area contributed by atoms with Gasteiger partial charge < -0.3 is 5.11 Å². The molecular weight excluding hydrogens is 174 g/mol. The lowest BCUT2D eigenvalue weighted by Gasteiger charge is -1.97. The molecule has 2 N–H and O–H groups in total. The Morgan fingerprint density at radius 2 is 1.85 bits per heavy atom. The van der Waals surface area contributed by atoms with Crippen molar-refractivity contribution in [1.82, 2.24) is 5.32 Å². The maximum absolute atomic E-state index is 10.8. The fourth-order valence-corrected chi connectivity index (χ4v) is 0.407. The molecule has 0 saturated carbocycles. The van der Waals surface area contributed by atoms with Crippen molar-refractivity contribution in [2.75, 3.05) is 0 Å². The summed E-state index contributed by atoms with van der Waals surface area (Å²) >= 11 is 0. The van der Waals surface area contributed by atoms with Gasteiger partial charge in [-0.15, -0.1) is 0 Å². The lowest BCUT2D eigenvalue weighted by atomic mass is 10.3. The predicted molar refractivity (Wildman–Crippen MR) is 44.7 cm³/mol. The summed E-state index contributed by atoms with van der Waals surface area (Å²) in [7, 11) is 0. The predicted octanol–water partition coefficient (Wildman–Crippen LogP) is -0.154. The summed E-state index contributed by atoms with van der Waals surface area (Å²) in [6.45, 7) is 4.73. The first kappa shape index (κ1) is 11.1. The Balaban J connectivity index is 4.10. The second-order valence-electron chi connectivity index (χ2n) is 2.27. The monoisotopic (exact) mass is 183 g/mol. The van der Waals surface area contributed by atoms with Gasteiger partial charge in [0.05, 0.1) is 0 Å². The van der Waals surface area contributed by atoms with Crippen LogP contribution in [0.25, 0.3) is 0 Å². The molecule has 0 aliphatic heterocycles. The van der Waals surface area contributed by atoms with E-state index in [-0.39, 0.29) is 5.57 Å². The highest BCUT2D eigenvalue weighted by Crippen LogP contribution is 1.85. The second-order valence-corrected chi connectivity index (χ2v) is 2.27. The Morgan fingerprint density at radius 3 is 2.23 bits per heavy atom. The summed E-state index contributed by atoms with van der Waals surface area (Å²) < 4.78 is 0. The lowest BCUT2D eigenvalue weighted by Crippen LogP contribution is -2.29. The number of hydrogen-bond acceptors (Lipinski definition) is 3. The molecule has 0 aliphatic carbocycles. The summed E-state index contributed by atoms with van der Waals surface area (Å²) in [5, 5.41) is 10.0. The molecule has 0 aromatic carbocycles. The van der Waals surface area contributed by atoms with Crippen LogP contribution in [-0.2, 0) is 14.4 Å². The van der Waals surface area contributed by atoms with E-state index in [1.807, 2.05) is 5.32 Å². The van der Waals surface area contributed by atoms with Gasteiger partial charge in [-0.25, -0.2) is 4.79 Å². The van der Waals surface area contributed by atoms with Crippen molar-refractivity contribution >= 4 is 17.8 Å². The Hall–Kier alpha value is -1.91. The van der Waals surface area contributed by atoms with Gasteiger partial charge in [0.25, 0.3) is 11.8 Å². The number of amides is 2. The molecule has 0 heterocycles. The molecule has 5 nitrogen and oxygen atoms in total. The van der Waals surface area contributed by atoms with E-state index >= 15 is 0 Å². The van der Waals surface area contributed by atoms with E-state index in [1.165, 1.54) is 6.92 Å². The molecule has 13 heavy (non-hydrogen) atoms. The Bertz CT molecular complexity index is 291. The van der Waals surface area contributed by atoms with Crippen LogP contribution in [0.3, 0.4) is 0 Å². The third kappa shape index (κ3) is 5.37. The number of hydrogen-bond donors (Lipinski definition) is 2. The van der Waals surface area contributed by atoms with Crippen molar-refractivity contribution in [1.29, 1.82) is 0 Å². The van der Waals surface area contributed by atoms with Gasteiger partial charge in [-0.2, -0.15) is 0 Å². The fourth-order valence-electron chi connectivity index (χ4n) is 0.407. The summed E-state index contributed by atoms with van der Waals surface area (Å²) in [6.07, 6.45) is 1.39. The maximum Gasteiger partial charge on any atom is 0.328 e. The molecule has 0 atom stereocenters. The Morgan fingerprint density at radius 1 is 1.31 bits per heavy atom. The van der Waals surface area contributed by atoms with Crippen LogP contribution in [0.15, 0.2) is 24.3 Å². The van der Waals surface area contributed by atoms with E-state index in [4.69, 9.17) is 5.11 Å². The number of carbonyl (C=O) groups excluding carboxylic acids is 2. The molecule has 0 radical (unpaired) electrons. The Labute approximate surface area is 74.7 Å². The number of imide groups is 1. The zero-order valence-electron chi connectivity index (χ0n) is 7.03. The molecule has 70 valence electrons. The Kier molecular flexibility index (Phi) is 4.15.